The van der Waals surface area contributed by atoms with Gasteiger partial charge >= 0.3 is 0 Å². The summed E-state index contributed by atoms with van der Waals surface area (Å²) in [5.41, 5.74) is 1.98. The Bertz CT molecular complexity index is 369. The van der Waals surface area contributed by atoms with Crippen LogP contribution in [0.15, 0.2) is 28.7 Å². The highest BCUT2D eigenvalue weighted by molar-refractivity contribution is 9.10. The van der Waals surface area contributed by atoms with Crippen molar-refractivity contribution in [2.24, 2.45) is 0 Å². The van der Waals surface area contributed by atoms with Crippen molar-refractivity contribution in [1.29, 1.82) is 0 Å². The average Bonchev–Trinajstić information content (AvgIpc) is 2.02. The first-order chi connectivity index (χ1) is 6.09. The summed E-state index contributed by atoms with van der Waals surface area (Å²) in [6, 6.07) is 5.86. The van der Waals surface area contributed by atoms with Crippen molar-refractivity contribution in [1.82, 2.24) is 0 Å². The van der Waals surface area contributed by atoms with Crippen molar-refractivity contribution in [2.45, 2.75) is 10.9 Å². The fourth-order valence-electron chi connectivity index (χ4n) is 1.47. The van der Waals surface area contributed by atoms with Crippen molar-refractivity contribution in [2.75, 3.05) is 0 Å². The predicted molar refractivity (Wildman–Crippen MR) is 60.6 cm³/mol. The van der Waals surface area contributed by atoms with E-state index in [0.29, 0.717) is 6.42 Å². The fraction of sp³-hybridized carbons (Fsp3) is 0.200. The third-order valence-electron chi connectivity index (χ3n) is 2.11. The Morgan fingerprint density at radius 3 is 2.92 bits per heavy atom. The minimum Gasteiger partial charge on any atom is -0.374 e. The Balaban J connectivity index is 2.61. The van der Waals surface area contributed by atoms with Gasteiger partial charge in [-0.15, -0.1) is 0 Å². The van der Waals surface area contributed by atoms with Crippen molar-refractivity contribution in [3.8, 4) is 0 Å². The number of alkyl halides is 1. The van der Waals surface area contributed by atoms with E-state index in [4.69, 9.17) is 0 Å². The molecule has 1 N–H and O–H groups in total. The first kappa shape index (κ1) is 9.44. The van der Waals surface area contributed by atoms with E-state index >= 15 is 0 Å². The molecule has 1 aliphatic rings. The Hall–Kier alpha value is -0.120. The van der Waals surface area contributed by atoms with Crippen LogP contribution < -0.4 is 0 Å². The molecule has 0 fully saturated rings. The number of benzene rings is 1. The lowest BCUT2D eigenvalue weighted by Crippen LogP contribution is -2.19. The van der Waals surface area contributed by atoms with E-state index in [1.807, 2.05) is 30.4 Å². The third kappa shape index (κ3) is 1.73. The van der Waals surface area contributed by atoms with Crippen LogP contribution in [0.1, 0.15) is 17.5 Å². The maximum Gasteiger partial charge on any atom is 0.148 e. The highest BCUT2D eigenvalue weighted by atomic mass is 79.9. The second kappa shape index (κ2) is 3.23. The molecule has 0 radical (unpaired) electrons. The van der Waals surface area contributed by atoms with E-state index in [1.54, 1.807) is 0 Å². The normalized spacial score (nSPS) is 25.8. The van der Waals surface area contributed by atoms with Gasteiger partial charge in [0.2, 0.25) is 0 Å². The summed E-state index contributed by atoms with van der Waals surface area (Å²) in [6.07, 6.45) is 4.60. The topological polar surface area (TPSA) is 20.2 Å². The van der Waals surface area contributed by atoms with Crippen molar-refractivity contribution >= 4 is 37.9 Å². The summed E-state index contributed by atoms with van der Waals surface area (Å²) >= 11 is 6.70. The molecule has 13 heavy (non-hydrogen) atoms. The van der Waals surface area contributed by atoms with E-state index in [9.17, 15) is 5.11 Å². The summed E-state index contributed by atoms with van der Waals surface area (Å²) in [5.74, 6) is 0. The number of halogens is 2. The van der Waals surface area contributed by atoms with E-state index in [1.165, 1.54) is 0 Å². The van der Waals surface area contributed by atoms with Gasteiger partial charge in [0.25, 0.3) is 0 Å². The summed E-state index contributed by atoms with van der Waals surface area (Å²) < 4.78 is 0.138. The molecule has 1 aliphatic carbocycles. The number of aliphatic hydroxyl groups is 1. The SMILES string of the molecule is OC1(Br)CC=Cc2cc(Br)ccc21. The van der Waals surface area contributed by atoms with Gasteiger partial charge in [-0.2, -0.15) is 0 Å². The Kier molecular flexibility index (Phi) is 2.34. The Labute approximate surface area is 93.7 Å². The van der Waals surface area contributed by atoms with Crippen LogP contribution in [0, 0.1) is 0 Å². The smallest absolute Gasteiger partial charge is 0.148 e. The second-order valence-electron chi connectivity index (χ2n) is 3.10. The molecule has 0 amide bonds. The van der Waals surface area contributed by atoms with Crippen molar-refractivity contribution < 1.29 is 5.11 Å². The van der Waals surface area contributed by atoms with E-state index in [0.717, 1.165) is 15.6 Å². The quantitative estimate of drug-likeness (QED) is 0.728. The minimum atomic E-state index is -0.891. The zero-order valence-electron chi connectivity index (χ0n) is 6.80. The molecule has 0 aromatic heterocycles. The van der Waals surface area contributed by atoms with Gasteiger partial charge in [-0.25, -0.2) is 0 Å². The first-order valence-corrected chi connectivity index (χ1v) is 5.56. The molecular weight excluding hydrogens is 296 g/mol. The average molecular weight is 304 g/mol. The van der Waals surface area contributed by atoms with Crippen molar-refractivity contribution in [3.05, 3.63) is 39.9 Å². The van der Waals surface area contributed by atoms with Crippen LogP contribution in [-0.2, 0) is 4.51 Å². The second-order valence-corrected chi connectivity index (χ2v) is 5.32. The zero-order valence-corrected chi connectivity index (χ0v) is 9.97. The molecule has 0 spiro atoms. The molecule has 0 aliphatic heterocycles. The molecule has 0 saturated heterocycles. The van der Waals surface area contributed by atoms with E-state index < -0.39 is 4.51 Å². The van der Waals surface area contributed by atoms with Gasteiger partial charge in [0.05, 0.1) is 0 Å². The molecule has 1 nitrogen and oxygen atoms in total. The monoisotopic (exact) mass is 302 g/mol. The molecule has 0 bridgehead atoms. The number of rotatable bonds is 0. The fourth-order valence-corrected chi connectivity index (χ4v) is 2.40. The summed E-state index contributed by atoms with van der Waals surface area (Å²) in [5, 5.41) is 9.97. The first-order valence-electron chi connectivity index (χ1n) is 3.97. The van der Waals surface area contributed by atoms with Gasteiger partial charge < -0.3 is 5.11 Å². The van der Waals surface area contributed by atoms with Crippen LogP contribution in [0.4, 0.5) is 0 Å². The summed E-state index contributed by atoms with van der Waals surface area (Å²) in [4.78, 5) is 0. The number of hydrogen-bond acceptors (Lipinski definition) is 1. The van der Waals surface area contributed by atoms with Crippen LogP contribution in [0.5, 0.6) is 0 Å². The summed E-state index contributed by atoms with van der Waals surface area (Å²) in [6.45, 7) is 0. The van der Waals surface area contributed by atoms with Gasteiger partial charge in [0.1, 0.15) is 4.51 Å². The molecule has 3 heteroatoms. The van der Waals surface area contributed by atoms with Gasteiger partial charge in [-0.3, -0.25) is 0 Å². The standard InChI is InChI=1S/C10H8Br2O/c11-8-3-4-9-7(6-8)2-1-5-10(9,12)13/h1-4,6,13H,5H2. The third-order valence-corrected chi connectivity index (χ3v) is 3.36. The zero-order chi connectivity index (χ0) is 9.47. The van der Waals surface area contributed by atoms with Crippen LogP contribution in [0.3, 0.4) is 0 Å². The van der Waals surface area contributed by atoms with Crippen molar-refractivity contribution in [3.63, 3.8) is 0 Å². The summed E-state index contributed by atoms with van der Waals surface area (Å²) in [7, 11) is 0. The lowest BCUT2D eigenvalue weighted by molar-refractivity contribution is 0.148. The van der Waals surface area contributed by atoms with Gasteiger partial charge in [0.15, 0.2) is 0 Å². The minimum absolute atomic E-state index is 0.613. The van der Waals surface area contributed by atoms with Crippen LogP contribution >= 0.6 is 31.9 Å². The molecule has 1 atom stereocenters. The molecule has 2 rings (SSSR count). The Morgan fingerprint density at radius 2 is 2.15 bits per heavy atom. The lowest BCUT2D eigenvalue weighted by atomic mass is 9.95. The predicted octanol–water partition coefficient (Wildman–Crippen LogP) is 3.41. The maximum absolute atomic E-state index is 9.97. The number of hydrogen-bond donors (Lipinski definition) is 1. The number of fused-ring (bicyclic) bond motifs is 1. The maximum atomic E-state index is 9.97. The molecular formula is C10H8Br2O. The van der Waals surface area contributed by atoms with Gasteiger partial charge in [0, 0.05) is 16.5 Å². The molecule has 0 heterocycles. The largest absolute Gasteiger partial charge is 0.374 e. The highest BCUT2D eigenvalue weighted by Crippen LogP contribution is 2.39. The molecule has 1 aromatic carbocycles. The van der Waals surface area contributed by atoms with Crippen LogP contribution in [0.25, 0.3) is 6.08 Å². The van der Waals surface area contributed by atoms with Crippen LogP contribution in [-0.4, -0.2) is 5.11 Å². The highest BCUT2D eigenvalue weighted by Gasteiger charge is 2.28. The van der Waals surface area contributed by atoms with Crippen LogP contribution in [0.2, 0.25) is 0 Å². The molecule has 0 saturated carbocycles. The Morgan fingerprint density at radius 1 is 1.38 bits per heavy atom. The lowest BCUT2D eigenvalue weighted by Gasteiger charge is -2.25. The molecule has 68 valence electrons. The van der Waals surface area contributed by atoms with E-state index in [2.05, 4.69) is 31.9 Å². The molecule has 1 unspecified atom stereocenters. The molecule has 1 aromatic rings. The van der Waals surface area contributed by atoms with Gasteiger partial charge in [-0.05, 0) is 33.6 Å². The van der Waals surface area contributed by atoms with Gasteiger partial charge in [-0.1, -0.05) is 34.1 Å². The van der Waals surface area contributed by atoms with E-state index in [-0.39, 0.29) is 0 Å².